The summed E-state index contributed by atoms with van der Waals surface area (Å²) in [6.45, 7) is 5.31. The van der Waals surface area contributed by atoms with Gasteiger partial charge in [0.25, 0.3) is 0 Å². The summed E-state index contributed by atoms with van der Waals surface area (Å²) >= 11 is 12.5. The van der Waals surface area contributed by atoms with Gasteiger partial charge in [0.05, 0.1) is 28.4 Å². The van der Waals surface area contributed by atoms with Crippen LogP contribution in [0.25, 0.3) is 16.6 Å². The number of aromatic carboxylic acids is 1. The van der Waals surface area contributed by atoms with E-state index >= 15 is 0 Å². The Morgan fingerprint density at radius 2 is 1.70 bits per heavy atom. The number of hydrogen-bond acceptors (Lipinski definition) is 3. The molecule has 3 aromatic rings. The van der Waals surface area contributed by atoms with E-state index in [1.165, 1.54) is 0 Å². The number of fused-ring (bicyclic) bond motifs is 1. The Morgan fingerprint density at radius 1 is 1.11 bits per heavy atom. The number of carboxylic acid groups (broad SMARTS) is 1. The number of benzene rings is 2. The molecule has 3 rings (SSSR count). The van der Waals surface area contributed by atoms with Crippen molar-refractivity contribution in [2.45, 2.75) is 13.8 Å². The third kappa shape index (κ3) is 3.33. The van der Waals surface area contributed by atoms with Gasteiger partial charge in [0, 0.05) is 24.2 Å². The lowest BCUT2D eigenvalue weighted by Crippen LogP contribution is -2.24. The SMILES string of the molecule is CCN(CC)c1c(C(=O)O)n(-c2ccc(OC)cc2)c2cc(Cl)c(Cl)cc12. The number of nitrogens with zero attached hydrogens (tertiary/aromatic N) is 2. The zero-order valence-corrected chi connectivity index (χ0v) is 16.8. The van der Waals surface area contributed by atoms with Crippen molar-refractivity contribution >= 4 is 45.8 Å². The highest BCUT2D eigenvalue weighted by molar-refractivity contribution is 6.43. The van der Waals surface area contributed by atoms with Crippen LogP contribution in [0.15, 0.2) is 36.4 Å². The van der Waals surface area contributed by atoms with Crippen LogP contribution in [0, 0.1) is 0 Å². The normalized spacial score (nSPS) is 11.0. The molecule has 27 heavy (non-hydrogen) atoms. The second-order valence-electron chi connectivity index (χ2n) is 5.99. The number of rotatable bonds is 6. The first-order valence-corrected chi connectivity index (χ1v) is 9.34. The standard InChI is InChI=1S/C20H20Cl2N2O3/c1-4-23(5-2)18-14-10-15(21)16(22)11-17(14)24(19(18)20(25)26)12-6-8-13(27-3)9-7-12/h6-11H,4-5H2,1-3H3,(H,25,26). The molecular weight excluding hydrogens is 387 g/mol. The maximum atomic E-state index is 12.3. The molecule has 0 aliphatic carbocycles. The fraction of sp³-hybridized carbons (Fsp3) is 0.250. The van der Waals surface area contributed by atoms with Gasteiger partial charge in [0.2, 0.25) is 0 Å². The summed E-state index contributed by atoms with van der Waals surface area (Å²) in [5, 5.41) is 11.6. The highest BCUT2D eigenvalue weighted by atomic mass is 35.5. The lowest BCUT2D eigenvalue weighted by molar-refractivity contribution is 0.0689. The van der Waals surface area contributed by atoms with Gasteiger partial charge in [-0.3, -0.25) is 0 Å². The molecule has 0 spiro atoms. The maximum Gasteiger partial charge on any atom is 0.355 e. The minimum absolute atomic E-state index is 0.178. The van der Waals surface area contributed by atoms with Gasteiger partial charge in [-0.15, -0.1) is 0 Å². The first kappa shape index (κ1) is 19.4. The summed E-state index contributed by atoms with van der Waals surface area (Å²) < 4.78 is 6.91. The molecule has 1 aromatic heterocycles. The van der Waals surface area contributed by atoms with E-state index in [2.05, 4.69) is 0 Å². The predicted molar refractivity (Wildman–Crippen MR) is 110 cm³/mol. The first-order chi connectivity index (χ1) is 12.9. The summed E-state index contributed by atoms with van der Waals surface area (Å²) in [6, 6.07) is 10.7. The second-order valence-corrected chi connectivity index (χ2v) is 6.81. The number of aromatic nitrogens is 1. The van der Waals surface area contributed by atoms with Gasteiger partial charge in [-0.1, -0.05) is 23.2 Å². The van der Waals surface area contributed by atoms with E-state index in [0.29, 0.717) is 45.8 Å². The molecule has 0 bridgehead atoms. The smallest absolute Gasteiger partial charge is 0.355 e. The number of hydrogen-bond donors (Lipinski definition) is 1. The zero-order chi connectivity index (χ0) is 19.7. The Hall–Kier alpha value is -2.37. The van der Waals surface area contributed by atoms with Crippen molar-refractivity contribution in [2.75, 3.05) is 25.1 Å². The second kappa shape index (κ2) is 7.71. The van der Waals surface area contributed by atoms with Crippen molar-refractivity contribution in [3.05, 3.63) is 52.1 Å². The summed E-state index contributed by atoms with van der Waals surface area (Å²) in [6.07, 6.45) is 0. The molecule has 0 aliphatic heterocycles. The molecule has 0 radical (unpaired) electrons. The number of carboxylic acids is 1. The largest absolute Gasteiger partial charge is 0.497 e. The van der Waals surface area contributed by atoms with E-state index in [9.17, 15) is 9.90 Å². The third-order valence-corrected chi connectivity index (χ3v) is 5.32. The lowest BCUT2D eigenvalue weighted by atomic mass is 10.2. The van der Waals surface area contributed by atoms with Crippen LogP contribution >= 0.6 is 23.2 Å². The van der Waals surface area contributed by atoms with E-state index in [4.69, 9.17) is 27.9 Å². The van der Waals surface area contributed by atoms with Crippen LogP contribution in [0.3, 0.4) is 0 Å². The molecule has 1 N–H and O–H groups in total. The number of methoxy groups -OCH3 is 1. The summed E-state index contributed by atoms with van der Waals surface area (Å²) in [5.74, 6) is -0.326. The third-order valence-electron chi connectivity index (χ3n) is 4.60. The average molecular weight is 407 g/mol. The van der Waals surface area contributed by atoms with E-state index in [1.807, 2.05) is 30.9 Å². The Labute approximate surface area is 167 Å². The molecule has 2 aromatic carbocycles. The molecular formula is C20H20Cl2N2O3. The molecule has 0 amide bonds. The Morgan fingerprint density at radius 3 is 2.22 bits per heavy atom. The minimum atomic E-state index is -1.02. The van der Waals surface area contributed by atoms with Crippen LogP contribution in [-0.4, -0.2) is 35.8 Å². The number of ether oxygens (including phenoxy) is 1. The van der Waals surface area contributed by atoms with Crippen molar-refractivity contribution in [2.24, 2.45) is 0 Å². The van der Waals surface area contributed by atoms with Crippen molar-refractivity contribution in [3.8, 4) is 11.4 Å². The van der Waals surface area contributed by atoms with Crippen LogP contribution in [0.4, 0.5) is 5.69 Å². The number of halogens is 2. The van der Waals surface area contributed by atoms with E-state index in [-0.39, 0.29) is 5.69 Å². The van der Waals surface area contributed by atoms with Crippen LogP contribution in [0.2, 0.25) is 10.0 Å². The lowest BCUT2D eigenvalue weighted by Gasteiger charge is -2.21. The molecule has 0 fully saturated rings. The van der Waals surface area contributed by atoms with Crippen LogP contribution in [-0.2, 0) is 0 Å². The molecule has 7 heteroatoms. The highest BCUT2D eigenvalue weighted by Crippen LogP contribution is 2.40. The van der Waals surface area contributed by atoms with Crippen LogP contribution < -0.4 is 9.64 Å². The van der Waals surface area contributed by atoms with Gasteiger partial charge in [0.1, 0.15) is 5.75 Å². The summed E-state index contributed by atoms with van der Waals surface area (Å²) in [7, 11) is 1.59. The van der Waals surface area contributed by atoms with Gasteiger partial charge in [-0.05, 0) is 50.2 Å². The quantitative estimate of drug-likeness (QED) is 0.587. The topological polar surface area (TPSA) is 54.7 Å². The van der Waals surface area contributed by atoms with Crippen molar-refractivity contribution < 1.29 is 14.6 Å². The minimum Gasteiger partial charge on any atom is -0.497 e. The summed E-state index contributed by atoms with van der Waals surface area (Å²) in [5.41, 5.74) is 2.21. The molecule has 0 saturated heterocycles. The monoisotopic (exact) mass is 406 g/mol. The maximum absolute atomic E-state index is 12.3. The number of anilines is 1. The van der Waals surface area contributed by atoms with Crippen molar-refractivity contribution in [1.29, 1.82) is 0 Å². The summed E-state index contributed by atoms with van der Waals surface area (Å²) in [4.78, 5) is 14.3. The van der Waals surface area contributed by atoms with E-state index < -0.39 is 5.97 Å². The molecule has 0 atom stereocenters. The van der Waals surface area contributed by atoms with Gasteiger partial charge in [-0.2, -0.15) is 0 Å². The Balaban J connectivity index is 2.44. The Bertz CT molecular complexity index is 993. The van der Waals surface area contributed by atoms with Crippen LogP contribution in [0.5, 0.6) is 5.75 Å². The first-order valence-electron chi connectivity index (χ1n) is 8.59. The van der Waals surface area contributed by atoms with Gasteiger partial charge in [-0.25, -0.2) is 4.79 Å². The Kier molecular flexibility index (Phi) is 5.53. The highest BCUT2D eigenvalue weighted by Gasteiger charge is 2.27. The predicted octanol–water partition coefficient (Wildman–Crippen LogP) is 5.49. The molecule has 142 valence electrons. The van der Waals surface area contributed by atoms with Crippen LogP contribution in [0.1, 0.15) is 24.3 Å². The molecule has 0 unspecified atom stereocenters. The van der Waals surface area contributed by atoms with Gasteiger partial charge < -0.3 is 19.3 Å². The molecule has 5 nitrogen and oxygen atoms in total. The van der Waals surface area contributed by atoms with Crippen molar-refractivity contribution in [3.63, 3.8) is 0 Å². The fourth-order valence-electron chi connectivity index (χ4n) is 3.32. The van der Waals surface area contributed by atoms with E-state index in [1.54, 1.807) is 35.9 Å². The fourth-order valence-corrected chi connectivity index (χ4v) is 3.64. The van der Waals surface area contributed by atoms with Gasteiger partial charge in [0.15, 0.2) is 5.69 Å². The van der Waals surface area contributed by atoms with Gasteiger partial charge >= 0.3 is 5.97 Å². The zero-order valence-electron chi connectivity index (χ0n) is 15.3. The number of carbonyl (C=O) groups is 1. The van der Waals surface area contributed by atoms with E-state index in [0.717, 1.165) is 5.39 Å². The molecule has 0 aliphatic rings. The van der Waals surface area contributed by atoms with Crippen molar-refractivity contribution in [1.82, 2.24) is 4.57 Å². The average Bonchev–Trinajstić information content (AvgIpc) is 2.98. The molecule has 0 saturated carbocycles. The molecule has 1 heterocycles.